The number of aromatic nitrogens is 3. The number of carbonyl (C=O) groups is 1. The summed E-state index contributed by atoms with van der Waals surface area (Å²) in [4.78, 5) is 26.3. The summed E-state index contributed by atoms with van der Waals surface area (Å²) in [6.45, 7) is 2.58. The SMILES string of the molecule is COC(=O)c1cn(-c2cc([N+](=O)[O-])c(N3CCN(C)CC3)cc2F)nn1. The third-order valence-electron chi connectivity index (χ3n) is 4.22. The molecule has 0 N–H and O–H groups in total. The Morgan fingerprint density at radius 1 is 1.27 bits per heavy atom. The molecule has 0 unspecified atom stereocenters. The van der Waals surface area contributed by atoms with Gasteiger partial charge in [0, 0.05) is 38.3 Å². The Morgan fingerprint density at radius 3 is 2.58 bits per heavy atom. The van der Waals surface area contributed by atoms with Crippen LogP contribution in [0.1, 0.15) is 10.5 Å². The Bertz CT molecular complexity index is 847. The summed E-state index contributed by atoms with van der Waals surface area (Å²) < 4.78 is 20.1. The predicted octanol–water partition coefficient (Wildman–Crippen LogP) is 0.853. The van der Waals surface area contributed by atoms with Crippen LogP contribution < -0.4 is 4.90 Å². The van der Waals surface area contributed by atoms with Gasteiger partial charge in [-0.15, -0.1) is 5.10 Å². The molecule has 138 valence electrons. The summed E-state index contributed by atoms with van der Waals surface area (Å²) in [7, 11) is 3.14. The molecule has 1 aromatic heterocycles. The molecular weight excluding hydrogens is 347 g/mol. The highest BCUT2D eigenvalue weighted by molar-refractivity contribution is 5.86. The summed E-state index contributed by atoms with van der Waals surface area (Å²) in [6.07, 6.45) is 1.16. The number of piperazine rings is 1. The second kappa shape index (κ2) is 7.04. The summed E-state index contributed by atoms with van der Waals surface area (Å²) in [5.41, 5.74) is -0.311. The Balaban J connectivity index is 2.00. The number of methoxy groups -OCH3 is 1. The van der Waals surface area contributed by atoms with Crippen molar-refractivity contribution in [3.63, 3.8) is 0 Å². The fourth-order valence-corrected chi connectivity index (χ4v) is 2.74. The summed E-state index contributed by atoms with van der Waals surface area (Å²) >= 11 is 0. The number of nitro groups is 1. The quantitative estimate of drug-likeness (QED) is 0.447. The molecule has 1 aliphatic heterocycles. The molecule has 11 heteroatoms. The molecule has 1 aliphatic rings. The molecule has 1 fully saturated rings. The third kappa shape index (κ3) is 3.33. The van der Waals surface area contributed by atoms with Crippen molar-refractivity contribution >= 4 is 17.3 Å². The lowest BCUT2D eigenvalue weighted by Crippen LogP contribution is -2.44. The zero-order valence-electron chi connectivity index (χ0n) is 14.3. The first-order valence-electron chi connectivity index (χ1n) is 7.83. The maximum absolute atomic E-state index is 14.6. The molecular formula is C15H17FN6O4. The maximum atomic E-state index is 14.6. The number of ether oxygens (including phenoxy) is 1. The number of hydrogen-bond acceptors (Lipinski definition) is 8. The molecule has 0 radical (unpaired) electrons. The van der Waals surface area contributed by atoms with E-state index in [2.05, 4.69) is 19.9 Å². The summed E-state index contributed by atoms with van der Waals surface area (Å²) in [5, 5.41) is 18.7. The van der Waals surface area contributed by atoms with Crippen LogP contribution in [0.15, 0.2) is 18.3 Å². The molecule has 1 aromatic carbocycles. The highest BCUT2D eigenvalue weighted by Gasteiger charge is 2.26. The molecule has 10 nitrogen and oxygen atoms in total. The lowest BCUT2D eigenvalue weighted by Gasteiger charge is -2.33. The number of esters is 1. The lowest BCUT2D eigenvalue weighted by atomic mass is 10.2. The highest BCUT2D eigenvalue weighted by atomic mass is 19.1. The Morgan fingerprint density at radius 2 is 1.96 bits per heavy atom. The van der Waals surface area contributed by atoms with Crippen LogP contribution in [0.4, 0.5) is 15.8 Å². The first-order chi connectivity index (χ1) is 12.4. The van der Waals surface area contributed by atoms with E-state index < -0.39 is 16.7 Å². The Hall–Kier alpha value is -3.08. The first kappa shape index (κ1) is 17.7. The molecule has 0 spiro atoms. The molecule has 0 saturated carbocycles. The van der Waals surface area contributed by atoms with E-state index in [4.69, 9.17) is 0 Å². The minimum absolute atomic E-state index is 0.127. The molecule has 3 rings (SSSR count). The lowest BCUT2D eigenvalue weighted by molar-refractivity contribution is -0.384. The Labute approximate surface area is 147 Å². The van der Waals surface area contributed by atoms with Crippen molar-refractivity contribution in [2.45, 2.75) is 0 Å². The predicted molar refractivity (Wildman–Crippen MR) is 89.0 cm³/mol. The molecule has 0 atom stereocenters. The number of likely N-dealkylation sites (N-methyl/N-ethyl adjacent to an activating group) is 1. The molecule has 2 aromatic rings. The highest BCUT2D eigenvalue weighted by Crippen LogP contribution is 2.33. The van der Waals surface area contributed by atoms with Crippen molar-refractivity contribution in [2.24, 2.45) is 0 Å². The van der Waals surface area contributed by atoms with Crippen LogP contribution in [0, 0.1) is 15.9 Å². The number of nitro benzene ring substituents is 1. The third-order valence-corrected chi connectivity index (χ3v) is 4.22. The number of rotatable bonds is 4. The minimum atomic E-state index is -0.736. The fourth-order valence-electron chi connectivity index (χ4n) is 2.74. The zero-order valence-corrected chi connectivity index (χ0v) is 14.3. The van der Waals surface area contributed by atoms with Gasteiger partial charge < -0.3 is 14.5 Å². The van der Waals surface area contributed by atoms with Crippen LogP contribution >= 0.6 is 0 Å². The van der Waals surface area contributed by atoms with Crippen molar-refractivity contribution in [3.8, 4) is 5.69 Å². The average Bonchev–Trinajstić information content (AvgIpc) is 3.11. The van der Waals surface area contributed by atoms with Gasteiger partial charge in [-0.05, 0) is 7.05 Å². The van der Waals surface area contributed by atoms with E-state index >= 15 is 0 Å². The van der Waals surface area contributed by atoms with Crippen molar-refractivity contribution in [2.75, 3.05) is 45.2 Å². The summed E-state index contributed by atoms with van der Waals surface area (Å²) in [6, 6.07) is 2.22. The van der Waals surface area contributed by atoms with E-state index in [-0.39, 0.29) is 22.8 Å². The van der Waals surface area contributed by atoms with E-state index in [0.29, 0.717) is 13.1 Å². The van der Waals surface area contributed by atoms with Gasteiger partial charge in [-0.3, -0.25) is 10.1 Å². The molecule has 0 bridgehead atoms. The number of carbonyl (C=O) groups excluding carboxylic acids is 1. The van der Waals surface area contributed by atoms with Crippen molar-refractivity contribution in [1.29, 1.82) is 0 Å². The van der Waals surface area contributed by atoms with Gasteiger partial charge in [0.2, 0.25) is 0 Å². The first-order valence-corrected chi connectivity index (χ1v) is 7.83. The number of benzene rings is 1. The van der Waals surface area contributed by atoms with Crippen LogP contribution in [0.3, 0.4) is 0 Å². The van der Waals surface area contributed by atoms with Crippen molar-refractivity contribution < 1.29 is 18.8 Å². The normalized spacial score (nSPS) is 15.1. The van der Waals surface area contributed by atoms with Crippen molar-refractivity contribution in [1.82, 2.24) is 19.9 Å². The van der Waals surface area contributed by atoms with Gasteiger partial charge in [-0.1, -0.05) is 5.21 Å². The van der Waals surface area contributed by atoms with Crippen LogP contribution in [-0.4, -0.2) is 71.1 Å². The molecule has 26 heavy (non-hydrogen) atoms. The number of nitrogens with zero attached hydrogens (tertiary/aromatic N) is 6. The largest absolute Gasteiger partial charge is 0.464 e. The number of halogens is 1. The van der Waals surface area contributed by atoms with Gasteiger partial charge in [-0.2, -0.15) is 0 Å². The standard InChI is InChI=1S/C15H17FN6O4/c1-19-3-5-20(6-4-19)13-7-10(16)12(8-14(13)22(24)25)21-9-11(17-18-21)15(23)26-2/h7-9H,3-6H2,1-2H3. The van der Waals surface area contributed by atoms with Gasteiger partial charge >= 0.3 is 5.97 Å². The summed E-state index contributed by atoms with van der Waals surface area (Å²) in [5.74, 6) is -1.44. The topological polar surface area (TPSA) is 107 Å². The smallest absolute Gasteiger partial charge is 0.360 e. The maximum Gasteiger partial charge on any atom is 0.360 e. The number of hydrogen-bond donors (Lipinski definition) is 0. The van der Waals surface area contributed by atoms with Crippen LogP contribution in [-0.2, 0) is 4.74 Å². The number of anilines is 1. The second-order valence-electron chi connectivity index (χ2n) is 5.88. The van der Waals surface area contributed by atoms with E-state index in [1.165, 1.54) is 7.11 Å². The zero-order chi connectivity index (χ0) is 18.8. The van der Waals surface area contributed by atoms with Crippen LogP contribution in [0.2, 0.25) is 0 Å². The van der Waals surface area contributed by atoms with Gasteiger partial charge in [0.15, 0.2) is 11.5 Å². The molecule has 0 amide bonds. The van der Waals surface area contributed by atoms with Gasteiger partial charge in [0.25, 0.3) is 5.69 Å². The van der Waals surface area contributed by atoms with E-state index in [0.717, 1.165) is 36.1 Å². The molecule has 1 saturated heterocycles. The average molecular weight is 364 g/mol. The van der Waals surface area contributed by atoms with Crippen molar-refractivity contribution in [3.05, 3.63) is 40.0 Å². The second-order valence-corrected chi connectivity index (χ2v) is 5.88. The minimum Gasteiger partial charge on any atom is -0.464 e. The van der Waals surface area contributed by atoms with Gasteiger partial charge in [0.1, 0.15) is 11.4 Å². The van der Waals surface area contributed by atoms with Gasteiger partial charge in [0.05, 0.1) is 18.2 Å². The van der Waals surface area contributed by atoms with Crippen LogP contribution in [0.25, 0.3) is 5.69 Å². The van der Waals surface area contributed by atoms with E-state index in [1.54, 1.807) is 4.90 Å². The van der Waals surface area contributed by atoms with Crippen LogP contribution in [0.5, 0.6) is 0 Å². The van der Waals surface area contributed by atoms with E-state index in [9.17, 15) is 19.3 Å². The van der Waals surface area contributed by atoms with Gasteiger partial charge in [-0.25, -0.2) is 13.9 Å². The molecule has 0 aliphatic carbocycles. The van der Waals surface area contributed by atoms with E-state index in [1.807, 2.05) is 7.05 Å². The Kier molecular flexibility index (Phi) is 4.80. The monoisotopic (exact) mass is 364 g/mol. The molecule has 2 heterocycles. The fraction of sp³-hybridized carbons (Fsp3) is 0.400.